The van der Waals surface area contributed by atoms with Crippen molar-refractivity contribution in [2.24, 2.45) is 5.41 Å². The van der Waals surface area contributed by atoms with Crippen LogP contribution in [0.1, 0.15) is 35.2 Å². The monoisotopic (exact) mass is 384 g/mol. The lowest BCUT2D eigenvalue weighted by atomic mass is 9.71. The summed E-state index contributed by atoms with van der Waals surface area (Å²) in [4.78, 5) is 28.6. The molecule has 2 aliphatic rings. The molecule has 0 bridgehead atoms. The summed E-state index contributed by atoms with van der Waals surface area (Å²) < 4.78 is 43.4. The molecule has 2 amide bonds. The molecule has 0 aromatic heterocycles. The molecule has 3 rings (SSSR count). The quantitative estimate of drug-likeness (QED) is 0.788. The van der Waals surface area contributed by atoms with Crippen LogP contribution < -0.4 is 0 Å². The lowest BCUT2D eigenvalue weighted by Crippen LogP contribution is -2.57. The molecule has 0 radical (unpaired) electrons. The van der Waals surface area contributed by atoms with Crippen LogP contribution in [-0.4, -0.2) is 61.5 Å². The maximum Gasteiger partial charge on any atom is 0.416 e. The fourth-order valence-electron chi connectivity index (χ4n) is 4.08. The van der Waals surface area contributed by atoms with Crippen molar-refractivity contribution in [2.75, 3.05) is 33.8 Å². The van der Waals surface area contributed by atoms with Gasteiger partial charge in [-0.1, -0.05) is 0 Å². The number of alkyl halides is 3. The Bertz CT molecular complexity index is 710. The summed E-state index contributed by atoms with van der Waals surface area (Å²) in [5, 5.41) is 0. The van der Waals surface area contributed by atoms with Gasteiger partial charge in [-0.2, -0.15) is 13.2 Å². The van der Waals surface area contributed by atoms with Gasteiger partial charge >= 0.3 is 6.18 Å². The third-order valence-corrected chi connectivity index (χ3v) is 5.70. The number of halogens is 3. The Kier molecular flexibility index (Phi) is 5.20. The zero-order valence-electron chi connectivity index (χ0n) is 15.4. The van der Waals surface area contributed by atoms with Crippen molar-refractivity contribution in [3.8, 4) is 0 Å². The molecule has 8 heteroatoms. The van der Waals surface area contributed by atoms with E-state index in [1.165, 1.54) is 12.1 Å². The number of carbonyl (C=O) groups is 2. The van der Waals surface area contributed by atoms with Gasteiger partial charge in [-0.15, -0.1) is 0 Å². The van der Waals surface area contributed by atoms with Gasteiger partial charge in [-0.3, -0.25) is 9.59 Å². The Hall–Kier alpha value is -2.09. The third-order valence-electron chi connectivity index (χ3n) is 5.70. The number of methoxy groups -OCH3 is 1. The van der Waals surface area contributed by atoms with Crippen LogP contribution in [0.3, 0.4) is 0 Å². The summed E-state index contributed by atoms with van der Waals surface area (Å²) in [5.41, 5.74) is -1.08. The first-order valence-corrected chi connectivity index (χ1v) is 8.91. The van der Waals surface area contributed by atoms with Gasteiger partial charge in [0.2, 0.25) is 5.91 Å². The fourth-order valence-corrected chi connectivity index (χ4v) is 4.08. The van der Waals surface area contributed by atoms with Gasteiger partial charge < -0.3 is 14.5 Å². The molecule has 1 aromatic carbocycles. The van der Waals surface area contributed by atoms with E-state index in [4.69, 9.17) is 4.74 Å². The van der Waals surface area contributed by atoms with Gasteiger partial charge in [0.15, 0.2) is 0 Å². The van der Waals surface area contributed by atoms with Crippen molar-refractivity contribution in [1.82, 2.24) is 9.80 Å². The summed E-state index contributed by atoms with van der Waals surface area (Å²) in [5.74, 6) is -0.226. The number of piperidine rings is 2. The minimum Gasteiger partial charge on any atom is -0.380 e. The third kappa shape index (κ3) is 3.81. The second-order valence-electron chi connectivity index (χ2n) is 7.40. The van der Waals surface area contributed by atoms with Gasteiger partial charge in [-0.05, 0) is 43.5 Å². The van der Waals surface area contributed by atoms with Crippen molar-refractivity contribution in [3.63, 3.8) is 0 Å². The fraction of sp³-hybridized carbons (Fsp3) is 0.579. The van der Waals surface area contributed by atoms with Crippen LogP contribution in [0.4, 0.5) is 13.2 Å². The van der Waals surface area contributed by atoms with Crippen molar-refractivity contribution in [3.05, 3.63) is 35.4 Å². The van der Waals surface area contributed by atoms with Crippen molar-refractivity contribution in [1.29, 1.82) is 0 Å². The lowest BCUT2D eigenvalue weighted by Gasteiger charge is -2.47. The second kappa shape index (κ2) is 7.14. The normalized spacial score (nSPS) is 23.0. The van der Waals surface area contributed by atoms with Crippen molar-refractivity contribution < 1.29 is 27.5 Å². The summed E-state index contributed by atoms with van der Waals surface area (Å²) in [6.07, 6.45) is -2.76. The maximum absolute atomic E-state index is 12.7. The first kappa shape index (κ1) is 19.7. The molecule has 1 atom stereocenters. The van der Waals surface area contributed by atoms with E-state index in [1.807, 2.05) is 0 Å². The molecule has 1 unspecified atom stereocenters. The average Bonchev–Trinajstić information content (AvgIpc) is 2.65. The van der Waals surface area contributed by atoms with Gasteiger partial charge in [0, 0.05) is 39.4 Å². The van der Waals surface area contributed by atoms with Gasteiger partial charge in [0.25, 0.3) is 5.91 Å². The standard InChI is InChI=1S/C19H23F3N2O3/c1-23-12-15(27-2)11-18(17(23)26)7-9-24(10-8-18)16(25)13-3-5-14(6-4-13)19(20,21)22/h3-6,15H,7-12H2,1-2H3. The van der Waals surface area contributed by atoms with E-state index < -0.39 is 17.2 Å². The molecular formula is C19H23F3N2O3. The number of rotatable bonds is 2. The molecule has 2 saturated heterocycles. The number of nitrogens with zero attached hydrogens (tertiary/aromatic N) is 2. The Balaban J connectivity index is 1.68. The van der Waals surface area contributed by atoms with E-state index in [9.17, 15) is 22.8 Å². The van der Waals surface area contributed by atoms with E-state index in [0.29, 0.717) is 38.9 Å². The molecule has 1 aromatic rings. The maximum atomic E-state index is 12.7. The van der Waals surface area contributed by atoms with Crippen LogP contribution in [-0.2, 0) is 15.7 Å². The average molecular weight is 384 g/mol. The number of hydrogen-bond acceptors (Lipinski definition) is 3. The largest absolute Gasteiger partial charge is 0.416 e. The molecule has 0 N–H and O–H groups in total. The molecule has 2 heterocycles. The van der Waals surface area contributed by atoms with Crippen LogP contribution in [0.5, 0.6) is 0 Å². The number of ether oxygens (including phenoxy) is 1. The minimum absolute atomic E-state index is 0.0233. The molecule has 5 nitrogen and oxygen atoms in total. The first-order chi connectivity index (χ1) is 12.7. The number of likely N-dealkylation sites (tertiary alicyclic amines) is 2. The summed E-state index contributed by atoms with van der Waals surface area (Å²) in [6, 6.07) is 4.25. The molecule has 1 spiro atoms. The van der Waals surface area contributed by atoms with Gasteiger partial charge in [0.05, 0.1) is 17.1 Å². The Morgan fingerprint density at radius 2 is 1.78 bits per heavy atom. The van der Waals surface area contributed by atoms with E-state index in [-0.39, 0.29) is 23.5 Å². The number of amides is 2. The van der Waals surface area contributed by atoms with Crippen LogP contribution >= 0.6 is 0 Å². The number of benzene rings is 1. The van der Waals surface area contributed by atoms with Crippen LogP contribution in [0.15, 0.2) is 24.3 Å². The highest BCUT2D eigenvalue weighted by Crippen LogP contribution is 2.41. The molecule has 2 aliphatic heterocycles. The highest BCUT2D eigenvalue weighted by Gasteiger charge is 2.48. The van der Waals surface area contributed by atoms with E-state index in [1.54, 1.807) is 24.0 Å². The van der Waals surface area contributed by atoms with Crippen molar-refractivity contribution in [2.45, 2.75) is 31.5 Å². The predicted molar refractivity (Wildman–Crippen MR) is 92.1 cm³/mol. The Labute approximate surface area is 156 Å². The molecule has 148 valence electrons. The van der Waals surface area contributed by atoms with Crippen LogP contribution in [0.25, 0.3) is 0 Å². The molecule has 0 aliphatic carbocycles. The number of hydrogen-bond donors (Lipinski definition) is 0. The van der Waals surface area contributed by atoms with E-state index in [2.05, 4.69) is 0 Å². The zero-order valence-corrected chi connectivity index (χ0v) is 15.4. The van der Waals surface area contributed by atoms with Crippen molar-refractivity contribution >= 4 is 11.8 Å². The number of likely N-dealkylation sites (N-methyl/N-ethyl adjacent to an activating group) is 1. The second-order valence-corrected chi connectivity index (χ2v) is 7.40. The molecule has 27 heavy (non-hydrogen) atoms. The highest BCUT2D eigenvalue weighted by atomic mass is 19.4. The van der Waals surface area contributed by atoms with Crippen LogP contribution in [0.2, 0.25) is 0 Å². The first-order valence-electron chi connectivity index (χ1n) is 8.91. The van der Waals surface area contributed by atoms with Gasteiger partial charge in [-0.25, -0.2) is 0 Å². The summed E-state index contributed by atoms with van der Waals surface area (Å²) in [7, 11) is 3.39. The summed E-state index contributed by atoms with van der Waals surface area (Å²) in [6.45, 7) is 1.36. The molecular weight excluding hydrogens is 361 g/mol. The zero-order chi connectivity index (χ0) is 19.8. The Morgan fingerprint density at radius 3 is 2.30 bits per heavy atom. The lowest BCUT2D eigenvalue weighted by molar-refractivity contribution is -0.155. The van der Waals surface area contributed by atoms with Crippen LogP contribution in [0, 0.1) is 5.41 Å². The predicted octanol–water partition coefficient (Wildman–Crippen LogP) is 2.80. The summed E-state index contributed by atoms with van der Waals surface area (Å²) >= 11 is 0. The van der Waals surface area contributed by atoms with Gasteiger partial charge in [0.1, 0.15) is 0 Å². The SMILES string of the molecule is COC1CN(C)C(=O)C2(CCN(C(=O)c3ccc(C(F)(F)F)cc3)CC2)C1. The molecule has 2 fully saturated rings. The van der Waals surface area contributed by atoms with E-state index >= 15 is 0 Å². The number of carbonyl (C=O) groups excluding carboxylic acids is 2. The minimum atomic E-state index is -4.43. The highest BCUT2D eigenvalue weighted by molar-refractivity contribution is 5.94. The van der Waals surface area contributed by atoms with E-state index in [0.717, 1.165) is 12.1 Å². The smallest absolute Gasteiger partial charge is 0.380 e. The topological polar surface area (TPSA) is 49.9 Å². The molecule has 0 saturated carbocycles. The Morgan fingerprint density at radius 1 is 1.19 bits per heavy atom.